The monoisotopic (exact) mass is 253 g/mol. The molecule has 0 aliphatic carbocycles. The third-order valence-electron chi connectivity index (χ3n) is 2.93. The molecule has 3 N–H and O–H groups in total. The average molecular weight is 254 g/mol. The van der Waals surface area contributed by atoms with Crippen molar-refractivity contribution in [2.24, 2.45) is 5.73 Å². The third kappa shape index (κ3) is 3.62. The van der Waals surface area contributed by atoms with Crippen molar-refractivity contribution in [3.8, 4) is 5.75 Å². The van der Waals surface area contributed by atoms with E-state index in [2.05, 4.69) is 13.2 Å². The molecule has 0 fully saturated rings. The summed E-state index contributed by atoms with van der Waals surface area (Å²) < 4.78 is 0. The first-order valence-corrected chi connectivity index (χ1v) is 5.42. The highest BCUT2D eigenvalue weighted by atomic mass is 35.5. The van der Waals surface area contributed by atoms with E-state index in [9.17, 15) is 5.11 Å². The highest BCUT2D eigenvalue weighted by Crippen LogP contribution is 2.33. The maximum Gasteiger partial charge on any atom is 0.115 e. The topological polar surface area (TPSA) is 46.2 Å². The molecule has 0 aliphatic rings. The number of aromatic hydroxyl groups is 1. The molecule has 1 rings (SSSR count). The van der Waals surface area contributed by atoms with E-state index in [4.69, 9.17) is 5.73 Å². The van der Waals surface area contributed by atoms with Crippen LogP contribution < -0.4 is 5.73 Å². The molecule has 1 aromatic carbocycles. The second-order valence-electron chi connectivity index (χ2n) is 3.94. The van der Waals surface area contributed by atoms with Gasteiger partial charge in [-0.05, 0) is 37.1 Å². The highest BCUT2D eigenvalue weighted by Gasteiger charge is 2.26. The Hall–Kier alpha value is -1.25. The van der Waals surface area contributed by atoms with Crippen LogP contribution in [0.1, 0.15) is 18.4 Å². The van der Waals surface area contributed by atoms with E-state index in [1.807, 2.05) is 24.3 Å². The van der Waals surface area contributed by atoms with Crippen LogP contribution in [-0.4, -0.2) is 11.7 Å². The van der Waals surface area contributed by atoms with Gasteiger partial charge in [-0.2, -0.15) is 0 Å². The van der Waals surface area contributed by atoms with Gasteiger partial charge in [0.05, 0.1) is 0 Å². The molecule has 3 heteroatoms. The van der Waals surface area contributed by atoms with Gasteiger partial charge in [-0.3, -0.25) is 0 Å². The van der Waals surface area contributed by atoms with Crippen LogP contribution in [0.5, 0.6) is 5.75 Å². The second-order valence-corrected chi connectivity index (χ2v) is 3.94. The molecular formula is C14H20ClNO. The number of hydrogen-bond acceptors (Lipinski definition) is 2. The minimum absolute atomic E-state index is 0. The molecule has 94 valence electrons. The van der Waals surface area contributed by atoms with Crippen LogP contribution in [-0.2, 0) is 5.41 Å². The van der Waals surface area contributed by atoms with Crippen molar-refractivity contribution in [1.82, 2.24) is 0 Å². The van der Waals surface area contributed by atoms with Gasteiger partial charge in [-0.25, -0.2) is 0 Å². The SMILES string of the molecule is C=CCC(C=C)(CCN)c1ccc(O)cc1.Cl. The minimum Gasteiger partial charge on any atom is -0.508 e. The van der Waals surface area contributed by atoms with Crippen LogP contribution >= 0.6 is 12.4 Å². The van der Waals surface area contributed by atoms with Gasteiger partial charge in [0.15, 0.2) is 0 Å². The highest BCUT2D eigenvalue weighted by molar-refractivity contribution is 5.85. The first-order valence-electron chi connectivity index (χ1n) is 5.42. The molecular weight excluding hydrogens is 234 g/mol. The van der Waals surface area contributed by atoms with Crippen LogP contribution in [0.3, 0.4) is 0 Å². The summed E-state index contributed by atoms with van der Waals surface area (Å²) >= 11 is 0. The van der Waals surface area contributed by atoms with E-state index < -0.39 is 0 Å². The first kappa shape index (κ1) is 15.8. The molecule has 0 saturated heterocycles. The molecule has 2 nitrogen and oxygen atoms in total. The fraction of sp³-hybridized carbons (Fsp3) is 0.286. The van der Waals surface area contributed by atoms with Gasteiger partial charge in [0.25, 0.3) is 0 Å². The van der Waals surface area contributed by atoms with E-state index in [1.54, 1.807) is 12.1 Å². The van der Waals surface area contributed by atoms with E-state index in [0.29, 0.717) is 6.54 Å². The average Bonchev–Trinajstić information content (AvgIpc) is 2.29. The predicted octanol–water partition coefficient (Wildman–Crippen LogP) is 3.16. The summed E-state index contributed by atoms with van der Waals surface area (Å²) in [6.45, 7) is 8.28. The lowest BCUT2D eigenvalue weighted by molar-refractivity contribution is 0.471. The van der Waals surface area contributed by atoms with Crippen LogP contribution in [0.15, 0.2) is 49.6 Å². The van der Waals surface area contributed by atoms with Crippen molar-refractivity contribution in [2.75, 3.05) is 6.54 Å². The smallest absolute Gasteiger partial charge is 0.115 e. The molecule has 0 radical (unpaired) electrons. The van der Waals surface area contributed by atoms with Crippen molar-refractivity contribution < 1.29 is 5.11 Å². The summed E-state index contributed by atoms with van der Waals surface area (Å²) in [4.78, 5) is 0. The fourth-order valence-electron chi connectivity index (χ4n) is 1.98. The van der Waals surface area contributed by atoms with Gasteiger partial charge < -0.3 is 10.8 Å². The second kappa shape index (κ2) is 7.15. The normalized spacial score (nSPS) is 13.2. The summed E-state index contributed by atoms with van der Waals surface area (Å²) in [6, 6.07) is 7.20. The maximum absolute atomic E-state index is 9.28. The van der Waals surface area contributed by atoms with Crippen molar-refractivity contribution in [2.45, 2.75) is 18.3 Å². The molecule has 1 aromatic rings. The largest absolute Gasteiger partial charge is 0.508 e. The number of phenols is 1. The van der Waals surface area contributed by atoms with Crippen molar-refractivity contribution in [1.29, 1.82) is 0 Å². The molecule has 0 spiro atoms. The van der Waals surface area contributed by atoms with Crippen LogP contribution in [0.4, 0.5) is 0 Å². The standard InChI is InChI=1S/C14H19NO.ClH/c1-3-9-14(4-2,10-11-15)12-5-7-13(16)8-6-12;/h3-8,16H,1-2,9-11,15H2;1H. The molecule has 1 atom stereocenters. The summed E-state index contributed by atoms with van der Waals surface area (Å²) in [5.41, 5.74) is 6.61. The Labute approximate surface area is 109 Å². The summed E-state index contributed by atoms with van der Waals surface area (Å²) in [5, 5.41) is 9.28. The zero-order chi connectivity index (χ0) is 12.0. The quantitative estimate of drug-likeness (QED) is 0.765. The zero-order valence-corrected chi connectivity index (χ0v) is 10.7. The van der Waals surface area contributed by atoms with E-state index in [0.717, 1.165) is 18.4 Å². The Morgan fingerprint density at radius 3 is 2.24 bits per heavy atom. The molecule has 0 aliphatic heterocycles. The zero-order valence-electron chi connectivity index (χ0n) is 9.93. The Morgan fingerprint density at radius 2 is 1.82 bits per heavy atom. The summed E-state index contributed by atoms with van der Waals surface area (Å²) in [7, 11) is 0. The number of rotatable bonds is 6. The van der Waals surface area contributed by atoms with Gasteiger partial charge in [-0.1, -0.05) is 24.3 Å². The molecule has 0 aromatic heterocycles. The van der Waals surface area contributed by atoms with Crippen LogP contribution in [0.25, 0.3) is 0 Å². The van der Waals surface area contributed by atoms with E-state index >= 15 is 0 Å². The Morgan fingerprint density at radius 1 is 1.24 bits per heavy atom. The molecule has 0 bridgehead atoms. The Bertz CT molecular complexity index is 361. The molecule has 0 amide bonds. The predicted molar refractivity (Wildman–Crippen MR) is 75.7 cm³/mol. The van der Waals surface area contributed by atoms with Gasteiger partial charge >= 0.3 is 0 Å². The van der Waals surface area contributed by atoms with Gasteiger partial charge in [0, 0.05) is 5.41 Å². The molecule has 17 heavy (non-hydrogen) atoms. The van der Waals surface area contributed by atoms with E-state index in [-0.39, 0.29) is 23.6 Å². The Balaban J connectivity index is 0.00000256. The number of allylic oxidation sites excluding steroid dienone is 2. The minimum atomic E-state index is -0.162. The third-order valence-corrected chi connectivity index (χ3v) is 2.93. The summed E-state index contributed by atoms with van der Waals surface area (Å²) in [5.74, 6) is 0.271. The first-order chi connectivity index (χ1) is 7.68. The number of hydrogen-bond donors (Lipinski definition) is 2. The maximum atomic E-state index is 9.28. The van der Waals surface area contributed by atoms with Crippen LogP contribution in [0.2, 0.25) is 0 Å². The molecule has 1 unspecified atom stereocenters. The van der Waals surface area contributed by atoms with Gasteiger partial charge in [0.1, 0.15) is 5.75 Å². The Kier molecular flexibility index (Phi) is 6.62. The lowest BCUT2D eigenvalue weighted by Crippen LogP contribution is -2.26. The van der Waals surface area contributed by atoms with Crippen molar-refractivity contribution in [3.63, 3.8) is 0 Å². The summed E-state index contributed by atoms with van der Waals surface area (Å²) in [6.07, 6.45) is 5.43. The van der Waals surface area contributed by atoms with Gasteiger partial charge in [0.2, 0.25) is 0 Å². The fourth-order valence-corrected chi connectivity index (χ4v) is 1.98. The van der Waals surface area contributed by atoms with Crippen molar-refractivity contribution >= 4 is 12.4 Å². The lowest BCUT2D eigenvalue weighted by atomic mass is 9.75. The van der Waals surface area contributed by atoms with Gasteiger partial charge in [-0.15, -0.1) is 25.6 Å². The van der Waals surface area contributed by atoms with Crippen molar-refractivity contribution in [3.05, 3.63) is 55.1 Å². The lowest BCUT2D eigenvalue weighted by Gasteiger charge is -2.29. The van der Waals surface area contributed by atoms with Crippen LogP contribution in [0, 0.1) is 0 Å². The molecule has 0 heterocycles. The number of benzene rings is 1. The number of nitrogens with two attached hydrogens (primary N) is 1. The van der Waals surface area contributed by atoms with E-state index in [1.165, 1.54) is 0 Å². The number of halogens is 1. The number of phenolic OH excluding ortho intramolecular Hbond substituents is 1. The molecule has 0 saturated carbocycles.